The number of halogens is 1. The first kappa shape index (κ1) is 14.0. The molecular formula is C13H17BrO3. The molecule has 0 atom stereocenters. The zero-order chi connectivity index (χ0) is 13.2. The highest BCUT2D eigenvalue weighted by Gasteiger charge is 2.29. The van der Waals surface area contributed by atoms with Crippen LogP contribution in [0.3, 0.4) is 0 Å². The van der Waals surface area contributed by atoms with Gasteiger partial charge in [0.05, 0.1) is 5.41 Å². The highest BCUT2D eigenvalue weighted by molar-refractivity contribution is 9.10. The van der Waals surface area contributed by atoms with Gasteiger partial charge in [0.25, 0.3) is 0 Å². The molecule has 0 aliphatic heterocycles. The molecule has 0 amide bonds. The lowest BCUT2D eigenvalue weighted by atomic mass is 9.85. The molecule has 0 radical (unpaired) electrons. The number of aliphatic carboxylic acids is 1. The van der Waals surface area contributed by atoms with Crippen LogP contribution in [0.5, 0.6) is 5.75 Å². The van der Waals surface area contributed by atoms with Crippen molar-refractivity contribution >= 4 is 21.9 Å². The van der Waals surface area contributed by atoms with Gasteiger partial charge in [0.1, 0.15) is 5.75 Å². The first-order valence-electron chi connectivity index (χ1n) is 5.51. The van der Waals surface area contributed by atoms with Crippen molar-refractivity contribution in [1.82, 2.24) is 0 Å². The Morgan fingerprint density at radius 1 is 1.35 bits per heavy atom. The summed E-state index contributed by atoms with van der Waals surface area (Å²) >= 11 is 3.37. The molecule has 0 bridgehead atoms. The second kappa shape index (κ2) is 5.08. The molecule has 1 aromatic carbocycles. The molecule has 0 aliphatic carbocycles. The van der Waals surface area contributed by atoms with Crippen LogP contribution in [0.2, 0.25) is 0 Å². The Labute approximate surface area is 110 Å². The Morgan fingerprint density at radius 3 is 2.35 bits per heavy atom. The van der Waals surface area contributed by atoms with Gasteiger partial charge >= 0.3 is 5.97 Å². The van der Waals surface area contributed by atoms with E-state index in [2.05, 4.69) is 15.9 Å². The number of hydrogen-bond acceptors (Lipinski definition) is 2. The van der Waals surface area contributed by atoms with Crippen LogP contribution < -0.4 is 0 Å². The molecule has 0 fully saturated rings. The predicted octanol–water partition coefficient (Wildman–Crippen LogP) is 3.37. The minimum absolute atomic E-state index is 0.213. The number of aryl methyl sites for hydroxylation is 1. The number of rotatable bonds is 4. The molecular weight excluding hydrogens is 284 g/mol. The van der Waals surface area contributed by atoms with Gasteiger partial charge < -0.3 is 10.2 Å². The normalized spacial score (nSPS) is 11.5. The van der Waals surface area contributed by atoms with Crippen molar-refractivity contribution in [2.24, 2.45) is 5.41 Å². The van der Waals surface area contributed by atoms with E-state index in [1.807, 2.05) is 13.0 Å². The van der Waals surface area contributed by atoms with Crippen molar-refractivity contribution in [3.63, 3.8) is 0 Å². The van der Waals surface area contributed by atoms with E-state index in [4.69, 9.17) is 5.11 Å². The van der Waals surface area contributed by atoms with Crippen molar-refractivity contribution in [3.05, 3.63) is 27.7 Å². The van der Waals surface area contributed by atoms with E-state index < -0.39 is 11.4 Å². The molecule has 17 heavy (non-hydrogen) atoms. The Balaban J connectivity index is 3.15. The van der Waals surface area contributed by atoms with Gasteiger partial charge in [-0.05, 0) is 49.9 Å². The summed E-state index contributed by atoms with van der Waals surface area (Å²) in [6.45, 7) is 5.26. The highest BCUT2D eigenvalue weighted by atomic mass is 79.9. The summed E-state index contributed by atoms with van der Waals surface area (Å²) in [5.41, 5.74) is 0.614. The molecule has 0 spiro atoms. The minimum atomic E-state index is -0.886. The van der Waals surface area contributed by atoms with Crippen LogP contribution in [0.4, 0.5) is 0 Å². The van der Waals surface area contributed by atoms with E-state index in [1.54, 1.807) is 19.9 Å². The lowest BCUT2D eigenvalue weighted by Crippen LogP contribution is -2.26. The number of phenols is 1. The lowest BCUT2D eigenvalue weighted by Gasteiger charge is -2.20. The molecule has 2 N–H and O–H groups in total. The van der Waals surface area contributed by atoms with Crippen LogP contribution in [0.1, 0.15) is 31.9 Å². The molecule has 4 heteroatoms. The third-order valence-electron chi connectivity index (χ3n) is 2.82. The van der Waals surface area contributed by atoms with Crippen molar-refractivity contribution in [2.45, 2.75) is 33.6 Å². The number of phenolic OH excluding ortho intramolecular Hbond substituents is 1. The molecule has 0 saturated carbocycles. The molecule has 94 valence electrons. The highest BCUT2D eigenvalue weighted by Crippen LogP contribution is 2.33. The third-order valence-corrected chi connectivity index (χ3v) is 3.28. The van der Waals surface area contributed by atoms with E-state index in [1.165, 1.54) is 0 Å². The van der Waals surface area contributed by atoms with Crippen LogP contribution in [-0.2, 0) is 17.6 Å². The Bertz CT molecular complexity index is 439. The van der Waals surface area contributed by atoms with E-state index in [0.29, 0.717) is 18.4 Å². The van der Waals surface area contributed by atoms with Crippen molar-refractivity contribution in [2.75, 3.05) is 0 Å². The number of benzene rings is 1. The number of carbonyl (C=O) groups is 1. The number of carboxylic acids is 1. The van der Waals surface area contributed by atoms with E-state index in [9.17, 15) is 9.90 Å². The molecule has 0 aliphatic rings. The van der Waals surface area contributed by atoms with Crippen LogP contribution in [-0.4, -0.2) is 16.2 Å². The zero-order valence-electron chi connectivity index (χ0n) is 10.2. The molecule has 3 nitrogen and oxygen atoms in total. The average molecular weight is 301 g/mol. The predicted molar refractivity (Wildman–Crippen MR) is 70.3 cm³/mol. The summed E-state index contributed by atoms with van der Waals surface area (Å²) in [5.74, 6) is -0.653. The van der Waals surface area contributed by atoms with Gasteiger partial charge in [-0.2, -0.15) is 0 Å². The first-order chi connectivity index (χ1) is 7.77. The standard InChI is InChI=1S/C13H17BrO3/c1-4-8-5-10(14)6-9(11(8)15)7-13(2,3)12(16)17/h5-6,15H,4,7H2,1-3H3,(H,16,17). The maximum atomic E-state index is 11.1. The number of aromatic hydroxyl groups is 1. The maximum absolute atomic E-state index is 11.1. The Morgan fingerprint density at radius 2 is 1.88 bits per heavy atom. The average Bonchev–Trinajstić information content (AvgIpc) is 2.22. The van der Waals surface area contributed by atoms with Gasteiger partial charge in [0.15, 0.2) is 0 Å². The zero-order valence-corrected chi connectivity index (χ0v) is 11.8. The second-order valence-electron chi connectivity index (χ2n) is 4.79. The quantitative estimate of drug-likeness (QED) is 0.896. The molecule has 0 heterocycles. The summed E-state index contributed by atoms with van der Waals surface area (Å²) in [5, 5.41) is 19.1. The Hall–Kier alpha value is -1.03. The Kier molecular flexibility index (Phi) is 4.20. The third kappa shape index (κ3) is 3.22. The fraction of sp³-hybridized carbons (Fsp3) is 0.462. The minimum Gasteiger partial charge on any atom is -0.507 e. The second-order valence-corrected chi connectivity index (χ2v) is 5.71. The van der Waals surface area contributed by atoms with Crippen LogP contribution in [0.15, 0.2) is 16.6 Å². The fourth-order valence-corrected chi connectivity index (χ4v) is 2.23. The van der Waals surface area contributed by atoms with Crippen molar-refractivity contribution in [1.29, 1.82) is 0 Å². The van der Waals surface area contributed by atoms with Gasteiger partial charge in [-0.25, -0.2) is 0 Å². The van der Waals surface area contributed by atoms with Gasteiger partial charge in [-0.15, -0.1) is 0 Å². The number of hydrogen-bond donors (Lipinski definition) is 2. The first-order valence-corrected chi connectivity index (χ1v) is 6.31. The van der Waals surface area contributed by atoms with Gasteiger partial charge in [-0.3, -0.25) is 4.79 Å². The lowest BCUT2D eigenvalue weighted by molar-refractivity contribution is -0.146. The van der Waals surface area contributed by atoms with Crippen molar-refractivity contribution in [3.8, 4) is 5.75 Å². The number of carboxylic acid groups (broad SMARTS) is 1. The molecule has 1 aromatic rings. The summed E-state index contributed by atoms with van der Waals surface area (Å²) in [6.07, 6.45) is 1.02. The topological polar surface area (TPSA) is 57.5 Å². The monoisotopic (exact) mass is 300 g/mol. The summed E-state index contributed by atoms with van der Waals surface area (Å²) in [7, 11) is 0. The molecule has 1 rings (SSSR count). The van der Waals surface area contributed by atoms with E-state index >= 15 is 0 Å². The molecule has 0 saturated heterocycles. The SMILES string of the molecule is CCc1cc(Br)cc(CC(C)(C)C(=O)O)c1O. The fourth-order valence-electron chi connectivity index (χ4n) is 1.67. The summed E-state index contributed by atoms with van der Waals surface area (Å²) < 4.78 is 0.864. The van der Waals surface area contributed by atoms with Gasteiger partial charge in [0.2, 0.25) is 0 Å². The van der Waals surface area contributed by atoms with Crippen LogP contribution in [0, 0.1) is 5.41 Å². The van der Waals surface area contributed by atoms with E-state index in [0.717, 1.165) is 10.0 Å². The van der Waals surface area contributed by atoms with Crippen molar-refractivity contribution < 1.29 is 15.0 Å². The largest absolute Gasteiger partial charge is 0.507 e. The van der Waals surface area contributed by atoms with E-state index in [-0.39, 0.29) is 5.75 Å². The summed E-state index contributed by atoms with van der Waals surface area (Å²) in [6, 6.07) is 3.63. The smallest absolute Gasteiger partial charge is 0.309 e. The van der Waals surface area contributed by atoms with Crippen LogP contribution >= 0.6 is 15.9 Å². The maximum Gasteiger partial charge on any atom is 0.309 e. The van der Waals surface area contributed by atoms with Gasteiger partial charge in [-0.1, -0.05) is 22.9 Å². The molecule has 0 unspecified atom stereocenters. The summed E-state index contributed by atoms with van der Waals surface area (Å²) in [4.78, 5) is 11.1. The van der Waals surface area contributed by atoms with Crippen LogP contribution in [0.25, 0.3) is 0 Å². The molecule has 0 aromatic heterocycles. The van der Waals surface area contributed by atoms with Gasteiger partial charge in [0, 0.05) is 4.47 Å².